The van der Waals surface area contributed by atoms with Crippen molar-refractivity contribution in [2.24, 2.45) is 7.05 Å². The lowest BCUT2D eigenvalue weighted by atomic mass is 10.0. The number of halogens is 1. The Hall–Kier alpha value is -4.93. The minimum atomic E-state index is -0.588. The van der Waals surface area contributed by atoms with Crippen LogP contribution in [0.1, 0.15) is 11.4 Å². The zero-order chi connectivity index (χ0) is 25.9. The zero-order valence-electron chi connectivity index (χ0n) is 20.2. The van der Waals surface area contributed by atoms with Crippen molar-refractivity contribution in [2.75, 3.05) is 18.4 Å². The molecule has 1 aliphatic rings. The summed E-state index contributed by atoms with van der Waals surface area (Å²) in [6, 6.07) is 6.36. The molecular formula is C26H23FN8O2. The summed E-state index contributed by atoms with van der Waals surface area (Å²) in [5, 5.41) is 7.27. The maximum Gasteiger partial charge on any atom is 0.322 e. The predicted octanol–water partition coefficient (Wildman–Crippen LogP) is 4.06. The van der Waals surface area contributed by atoms with Crippen LogP contribution in [0, 0.1) is 12.7 Å². The van der Waals surface area contributed by atoms with Crippen molar-refractivity contribution < 1.29 is 13.9 Å². The first-order chi connectivity index (χ1) is 17.9. The van der Waals surface area contributed by atoms with Gasteiger partial charge in [0.05, 0.1) is 17.6 Å². The number of hydrogen-bond donors (Lipinski definition) is 1. The van der Waals surface area contributed by atoms with Crippen LogP contribution in [-0.4, -0.2) is 53.6 Å². The number of carbonyl (C=O) groups excluding carboxylic acids is 1. The van der Waals surface area contributed by atoms with E-state index in [0.29, 0.717) is 41.6 Å². The lowest BCUT2D eigenvalue weighted by Gasteiger charge is -2.16. The van der Waals surface area contributed by atoms with Gasteiger partial charge in [0.1, 0.15) is 0 Å². The molecule has 0 saturated heterocycles. The highest BCUT2D eigenvalue weighted by atomic mass is 19.1. The van der Waals surface area contributed by atoms with Gasteiger partial charge < -0.3 is 15.0 Å². The fourth-order valence-corrected chi connectivity index (χ4v) is 3.86. The molecule has 1 aromatic carbocycles. The molecule has 1 amide bonds. The van der Waals surface area contributed by atoms with Crippen LogP contribution in [0.25, 0.3) is 16.7 Å². The summed E-state index contributed by atoms with van der Waals surface area (Å²) in [5.74, 6) is -0.427. The molecule has 0 atom stereocenters. The lowest BCUT2D eigenvalue weighted by molar-refractivity contribution is -0.124. The van der Waals surface area contributed by atoms with Gasteiger partial charge in [-0.05, 0) is 42.3 Å². The highest BCUT2D eigenvalue weighted by Gasteiger charge is 2.23. The van der Waals surface area contributed by atoms with Gasteiger partial charge in [0.15, 0.2) is 11.6 Å². The molecule has 0 aliphatic carbocycles. The van der Waals surface area contributed by atoms with Gasteiger partial charge in [-0.1, -0.05) is 18.7 Å². The molecule has 37 heavy (non-hydrogen) atoms. The minimum absolute atomic E-state index is 0.00507. The molecule has 0 saturated carbocycles. The molecule has 0 radical (unpaired) electrons. The average Bonchev–Trinajstić information content (AvgIpc) is 3.54. The number of rotatable bonds is 7. The molecule has 0 fully saturated rings. The Morgan fingerprint density at radius 3 is 2.81 bits per heavy atom. The summed E-state index contributed by atoms with van der Waals surface area (Å²) in [6.07, 6.45) is 9.82. The second kappa shape index (κ2) is 9.97. The zero-order valence-corrected chi connectivity index (χ0v) is 20.2. The largest absolute Gasteiger partial charge is 0.421 e. The molecule has 5 rings (SSSR count). The van der Waals surface area contributed by atoms with Gasteiger partial charge >= 0.3 is 6.01 Å². The Kier molecular flexibility index (Phi) is 6.42. The molecule has 11 heteroatoms. The van der Waals surface area contributed by atoms with Gasteiger partial charge in [0.2, 0.25) is 11.9 Å². The van der Waals surface area contributed by atoms with E-state index >= 15 is 4.39 Å². The molecule has 0 unspecified atom stereocenters. The third-order valence-electron chi connectivity index (χ3n) is 5.68. The van der Waals surface area contributed by atoms with Crippen LogP contribution in [0.5, 0.6) is 11.8 Å². The van der Waals surface area contributed by atoms with Gasteiger partial charge in [0.25, 0.3) is 0 Å². The highest BCUT2D eigenvalue weighted by Crippen LogP contribution is 2.34. The molecule has 0 spiro atoms. The Bertz CT molecular complexity index is 1530. The van der Waals surface area contributed by atoms with Crippen LogP contribution < -0.4 is 10.1 Å². The molecule has 186 valence electrons. The molecule has 3 aromatic heterocycles. The van der Waals surface area contributed by atoms with E-state index in [0.717, 1.165) is 11.3 Å². The van der Waals surface area contributed by atoms with E-state index in [9.17, 15) is 4.79 Å². The van der Waals surface area contributed by atoms with E-state index in [1.54, 1.807) is 53.4 Å². The number of anilines is 2. The average molecular weight is 499 g/mol. The summed E-state index contributed by atoms with van der Waals surface area (Å²) in [6.45, 7) is 6.12. The summed E-state index contributed by atoms with van der Waals surface area (Å²) < 4.78 is 22.3. The quantitative estimate of drug-likeness (QED) is 0.380. The molecular weight excluding hydrogens is 475 g/mol. The van der Waals surface area contributed by atoms with E-state index in [-0.39, 0.29) is 17.7 Å². The van der Waals surface area contributed by atoms with Crippen LogP contribution >= 0.6 is 0 Å². The van der Waals surface area contributed by atoms with Crippen molar-refractivity contribution in [1.82, 2.24) is 34.6 Å². The van der Waals surface area contributed by atoms with Crippen molar-refractivity contribution in [3.05, 3.63) is 85.0 Å². The molecule has 4 aromatic rings. The number of hydrogen-bond acceptors (Lipinski definition) is 8. The third-order valence-corrected chi connectivity index (χ3v) is 5.68. The first-order valence-corrected chi connectivity index (χ1v) is 11.4. The van der Waals surface area contributed by atoms with Crippen LogP contribution in [0.15, 0.2) is 67.8 Å². The highest BCUT2D eigenvalue weighted by molar-refractivity contribution is 5.91. The van der Waals surface area contributed by atoms with E-state index in [1.165, 1.54) is 18.2 Å². The standard InChI is InChI=1S/C26H23FN8O2/c1-4-23(36)35-10-8-18(14-35)24-20(13-29-25(33-24)32-19-12-30-34(3)15-19)17-5-6-22(21(27)11-17)37-26-28-9-7-16(2)31-26/h4-9,11-13,15H,1,10,14H2,2-3H3,(H,29,32,33). The third kappa shape index (κ3) is 5.20. The Morgan fingerprint density at radius 1 is 1.22 bits per heavy atom. The number of ether oxygens (including phenoxy) is 1. The van der Waals surface area contributed by atoms with Gasteiger partial charge in [-0.3, -0.25) is 9.48 Å². The minimum Gasteiger partial charge on any atom is -0.421 e. The maximum absolute atomic E-state index is 15.1. The molecule has 4 heterocycles. The summed E-state index contributed by atoms with van der Waals surface area (Å²) in [4.78, 5) is 31.1. The topological polar surface area (TPSA) is 111 Å². The SMILES string of the molecule is C=CC(=O)N1CC=C(c2nc(Nc3cnn(C)c3)ncc2-c2ccc(Oc3nccc(C)n3)c(F)c2)C1. The van der Waals surface area contributed by atoms with Crippen molar-refractivity contribution in [3.8, 4) is 22.9 Å². The van der Waals surface area contributed by atoms with E-state index in [2.05, 4.69) is 31.9 Å². The molecule has 1 aliphatic heterocycles. The fourth-order valence-electron chi connectivity index (χ4n) is 3.86. The molecule has 0 bridgehead atoms. The predicted molar refractivity (Wildman–Crippen MR) is 136 cm³/mol. The Labute approximate surface area is 212 Å². The first-order valence-electron chi connectivity index (χ1n) is 11.4. The second-order valence-electron chi connectivity index (χ2n) is 8.36. The Balaban J connectivity index is 1.49. The number of aromatic nitrogens is 6. The van der Waals surface area contributed by atoms with E-state index in [4.69, 9.17) is 9.72 Å². The van der Waals surface area contributed by atoms with Gasteiger partial charge in [0, 0.05) is 50.0 Å². The summed E-state index contributed by atoms with van der Waals surface area (Å²) >= 11 is 0. The number of amides is 1. The maximum atomic E-state index is 15.1. The van der Waals surface area contributed by atoms with Crippen molar-refractivity contribution in [3.63, 3.8) is 0 Å². The van der Waals surface area contributed by atoms with Crippen molar-refractivity contribution in [1.29, 1.82) is 0 Å². The molecule has 10 nitrogen and oxygen atoms in total. The summed E-state index contributed by atoms with van der Waals surface area (Å²) in [7, 11) is 1.81. The normalized spacial score (nSPS) is 12.8. The van der Waals surface area contributed by atoms with Gasteiger partial charge in [-0.2, -0.15) is 5.10 Å². The number of aryl methyl sites for hydroxylation is 2. The number of nitrogens with zero attached hydrogens (tertiary/aromatic N) is 7. The summed E-state index contributed by atoms with van der Waals surface area (Å²) in [5.41, 5.74) is 3.97. The van der Waals surface area contributed by atoms with Crippen molar-refractivity contribution in [2.45, 2.75) is 6.92 Å². The van der Waals surface area contributed by atoms with Crippen LogP contribution in [0.2, 0.25) is 0 Å². The van der Waals surface area contributed by atoms with Gasteiger partial charge in [-0.25, -0.2) is 24.3 Å². The smallest absolute Gasteiger partial charge is 0.322 e. The number of nitrogens with one attached hydrogen (secondary N) is 1. The Morgan fingerprint density at radius 2 is 2.08 bits per heavy atom. The van der Waals surface area contributed by atoms with E-state index < -0.39 is 5.82 Å². The monoisotopic (exact) mass is 498 g/mol. The molecule has 1 N–H and O–H groups in total. The van der Waals surface area contributed by atoms with Crippen LogP contribution in [0.4, 0.5) is 16.0 Å². The number of benzene rings is 1. The second-order valence-corrected chi connectivity index (χ2v) is 8.36. The van der Waals surface area contributed by atoms with Gasteiger partial charge in [-0.15, -0.1) is 0 Å². The van der Waals surface area contributed by atoms with Crippen LogP contribution in [-0.2, 0) is 11.8 Å². The van der Waals surface area contributed by atoms with Crippen LogP contribution in [0.3, 0.4) is 0 Å². The fraction of sp³-hybridized carbons (Fsp3) is 0.154. The van der Waals surface area contributed by atoms with E-state index in [1.807, 2.05) is 13.1 Å². The lowest BCUT2D eigenvalue weighted by Crippen LogP contribution is -2.26. The first kappa shape index (κ1) is 23.8. The van der Waals surface area contributed by atoms with Crippen molar-refractivity contribution >= 4 is 23.1 Å². The number of carbonyl (C=O) groups is 1.